The van der Waals surface area contributed by atoms with Gasteiger partial charge in [-0.3, -0.25) is 4.79 Å². The monoisotopic (exact) mass is 267 g/mol. The molecule has 7 heteroatoms. The summed E-state index contributed by atoms with van der Waals surface area (Å²) in [4.78, 5) is 13.5. The summed E-state index contributed by atoms with van der Waals surface area (Å²) in [5.41, 5.74) is 5.89. The zero-order valence-electron chi connectivity index (χ0n) is 10.6. The number of aromatic nitrogens is 1. The topological polar surface area (TPSA) is 95.0 Å². The molecule has 18 heavy (non-hydrogen) atoms. The minimum absolute atomic E-state index is 0.100. The fourth-order valence-electron chi connectivity index (χ4n) is 1.55. The molecule has 0 saturated heterocycles. The number of carbonyl (C=O) groups is 1. The normalized spacial score (nSPS) is 9.83. The second-order valence-corrected chi connectivity index (χ2v) is 4.40. The van der Waals surface area contributed by atoms with E-state index in [2.05, 4.69) is 9.69 Å². The number of nitriles is 1. The molecule has 0 aliphatic heterocycles. The predicted molar refractivity (Wildman–Crippen MR) is 72.3 cm³/mol. The Morgan fingerprint density at radius 3 is 2.78 bits per heavy atom. The maximum atomic E-state index is 11.7. The highest BCUT2D eigenvalue weighted by Gasteiger charge is 2.12. The number of anilines is 2. The van der Waals surface area contributed by atoms with Gasteiger partial charge in [-0.05, 0) is 25.4 Å². The molecule has 98 valence electrons. The molecular weight excluding hydrogens is 250 g/mol. The van der Waals surface area contributed by atoms with E-state index >= 15 is 0 Å². The number of hydrogen-bond donors (Lipinski definition) is 2. The van der Waals surface area contributed by atoms with Crippen LogP contribution in [-0.4, -0.2) is 34.8 Å². The zero-order valence-corrected chi connectivity index (χ0v) is 11.4. The van der Waals surface area contributed by atoms with Gasteiger partial charge in [-0.15, -0.1) is 0 Å². The van der Waals surface area contributed by atoms with Crippen molar-refractivity contribution in [3.63, 3.8) is 0 Å². The summed E-state index contributed by atoms with van der Waals surface area (Å²) in [7, 11) is 0. The maximum Gasteiger partial charge on any atom is 0.224 e. The second kappa shape index (κ2) is 6.81. The molecule has 0 unspecified atom stereocenters. The number of carbonyl (C=O) groups excluding carboxylic acids is 1. The van der Waals surface area contributed by atoms with Crippen molar-refractivity contribution in [1.29, 1.82) is 5.26 Å². The van der Waals surface area contributed by atoms with E-state index in [0.29, 0.717) is 36.6 Å². The lowest BCUT2D eigenvalue weighted by molar-refractivity contribution is -0.130. The van der Waals surface area contributed by atoms with Crippen LogP contribution in [0.5, 0.6) is 0 Å². The quantitative estimate of drug-likeness (QED) is 0.809. The Morgan fingerprint density at radius 1 is 1.56 bits per heavy atom. The van der Waals surface area contributed by atoms with Crippen molar-refractivity contribution in [3.05, 3.63) is 5.56 Å². The van der Waals surface area contributed by atoms with Gasteiger partial charge < -0.3 is 16.0 Å². The van der Waals surface area contributed by atoms with Crippen LogP contribution in [0.1, 0.15) is 25.8 Å². The largest absolute Gasteiger partial charge is 0.382 e. The average molecular weight is 267 g/mol. The third-order valence-corrected chi connectivity index (χ3v) is 3.39. The van der Waals surface area contributed by atoms with Gasteiger partial charge in [0.05, 0.1) is 0 Å². The molecule has 1 aromatic heterocycles. The molecule has 1 rings (SSSR count). The first-order chi connectivity index (χ1) is 8.63. The summed E-state index contributed by atoms with van der Waals surface area (Å²) >= 11 is 1.14. The van der Waals surface area contributed by atoms with Crippen LogP contribution in [0.15, 0.2) is 0 Å². The Hall–Kier alpha value is -1.81. The van der Waals surface area contributed by atoms with E-state index in [1.807, 2.05) is 19.9 Å². The molecule has 0 aliphatic rings. The van der Waals surface area contributed by atoms with Crippen LogP contribution in [0.3, 0.4) is 0 Å². The average Bonchev–Trinajstić information content (AvgIpc) is 2.71. The number of nitrogens with zero attached hydrogens (tertiary/aromatic N) is 3. The molecule has 1 heterocycles. The molecule has 3 N–H and O–H groups in total. The van der Waals surface area contributed by atoms with Gasteiger partial charge in [0, 0.05) is 26.1 Å². The lowest BCUT2D eigenvalue weighted by atomic mass is 10.3. The van der Waals surface area contributed by atoms with E-state index in [0.717, 1.165) is 11.5 Å². The Kier molecular flexibility index (Phi) is 5.39. The Morgan fingerprint density at radius 2 is 2.22 bits per heavy atom. The standard InChI is InChI=1S/C11H17N5OS/c1-3-16(4-2)9(17)5-6-14-11-8(7-12)10(13)15-18-11/h14H,3-6H2,1-2H3,(H2,13,15). The lowest BCUT2D eigenvalue weighted by Crippen LogP contribution is -2.31. The summed E-state index contributed by atoms with van der Waals surface area (Å²) in [6.07, 6.45) is 0.393. The van der Waals surface area contributed by atoms with Crippen LogP contribution < -0.4 is 11.1 Å². The van der Waals surface area contributed by atoms with E-state index in [1.54, 1.807) is 4.90 Å². The van der Waals surface area contributed by atoms with Gasteiger partial charge >= 0.3 is 0 Å². The molecule has 0 radical (unpaired) electrons. The molecular formula is C11H17N5OS. The zero-order chi connectivity index (χ0) is 13.5. The summed E-state index contributed by atoms with van der Waals surface area (Å²) in [6.45, 7) is 5.81. The minimum Gasteiger partial charge on any atom is -0.382 e. The van der Waals surface area contributed by atoms with Crippen molar-refractivity contribution in [3.8, 4) is 6.07 Å². The molecule has 1 amide bonds. The summed E-state index contributed by atoms with van der Waals surface area (Å²) < 4.78 is 3.89. The van der Waals surface area contributed by atoms with Crippen LogP contribution >= 0.6 is 11.5 Å². The van der Waals surface area contributed by atoms with Gasteiger partial charge in [0.15, 0.2) is 5.82 Å². The molecule has 1 aromatic rings. The van der Waals surface area contributed by atoms with Crippen LogP contribution in [-0.2, 0) is 4.79 Å². The van der Waals surface area contributed by atoms with Crippen molar-refractivity contribution in [2.24, 2.45) is 0 Å². The van der Waals surface area contributed by atoms with Crippen LogP contribution in [0.4, 0.5) is 10.8 Å². The SMILES string of the molecule is CCN(CC)C(=O)CCNc1snc(N)c1C#N. The van der Waals surface area contributed by atoms with Gasteiger partial charge in [0.25, 0.3) is 0 Å². The number of nitrogen functional groups attached to an aromatic ring is 1. The maximum absolute atomic E-state index is 11.7. The summed E-state index contributed by atoms with van der Waals surface area (Å²) in [5, 5.41) is 12.5. The Labute approximate surface area is 111 Å². The molecule has 0 spiro atoms. The highest BCUT2D eigenvalue weighted by Crippen LogP contribution is 2.25. The molecule has 0 aliphatic carbocycles. The van der Waals surface area contributed by atoms with E-state index in [9.17, 15) is 4.79 Å². The van der Waals surface area contributed by atoms with Gasteiger partial charge in [-0.1, -0.05) is 0 Å². The van der Waals surface area contributed by atoms with E-state index in [1.165, 1.54) is 0 Å². The smallest absolute Gasteiger partial charge is 0.224 e. The number of rotatable bonds is 6. The summed E-state index contributed by atoms with van der Waals surface area (Å²) in [5.74, 6) is 0.337. The first-order valence-corrected chi connectivity index (χ1v) is 6.58. The van der Waals surface area contributed by atoms with Crippen molar-refractivity contribution < 1.29 is 4.79 Å². The lowest BCUT2D eigenvalue weighted by Gasteiger charge is -2.18. The third-order valence-electron chi connectivity index (χ3n) is 2.57. The van der Waals surface area contributed by atoms with Gasteiger partial charge in [-0.2, -0.15) is 9.64 Å². The number of hydrogen-bond acceptors (Lipinski definition) is 6. The second-order valence-electron chi connectivity index (χ2n) is 3.63. The number of nitrogens with two attached hydrogens (primary N) is 1. The van der Waals surface area contributed by atoms with Crippen molar-refractivity contribution >= 4 is 28.3 Å². The molecule has 0 aromatic carbocycles. The number of amides is 1. The molecule has 0 atom stereocenters. The highest BCUT2D eigenvalue weighted by atomic mass is 32.1. The number of nitrogens with one attached hydrogen (secondary N) is 1. The van der Waals surface area contributed by atoms with E-state index in [-0.39, 0.29) is 11.7 Å². The fourth-order valence-corrected chi connectivity index (χ4v) is 2.24. The van der Waals surface area contributed by atoms with E-state index in [4.69, 9.17) is 11.0 Å². The third kappa shape index (κ3) is 3.34. The van der Waals surface area contributed by atoms with Crippen molar-refractivity contribution in [2.45, 2.75) is 20.3 Å². The first-order valence-electron chi connectivity index (χ1n) is 5.80. The first kappa shape index (κ1) is 14.3. The van der Waals surface area contributed by atoms with Gasteiger partial charge in [0.2, 0.25) is 5.91 Å². The van der Waals surface area contributed by atoms with Crippen LogP contribution in [0, 0.1) is 11.3 Å². The minimum atomic E-state index is 0.100. The van der Waals surface area contributed by atoms with Gasteiger partial charge in [0.1, 0.15) is 16.6 Å². The molecule has 0 saturated carbocycles. The van der Waals surface area contributed by atoms with Gasteiger partial charge in [-0.25, -0.2) is 0 Å². The molecule has 6 nitrogen and oxygen atoms in total. The fraction of sp³-hybridized carbons (Fsp3) is 0.545. The molecule has 0 fully saturated rings. The van der Waals surface area contributed by atoms with Crippen molar-refractivity contribution in [1.82, 2.24) is 9.27 Å². The Balaban J connectivity index is 2.47. The Bertz CT molecular complexity index is 447. The van der Waals surface area contributed by atoms with Crippen molar-refractivity contribution in [2.75, 3.05) is 30.7 Å². The van der Waals surface area contributed by atoms with E-state index < -0.39 is 0 Å². The van der Waals surface area contributed by atoms with Crippen LogP contribution in [0.25, 0.3) is 0 Å². The van der Waals surface area contributed by atoms with Crippen LogP contribution in [0.2, 0.25) is 0 Å². The highest BCUT2D eigenvalue weighted by molar-refractivity contribution is 7.10. The molecule has 0 bridgehead atoms. The summed E-state index contributed by atoms with van der Waals surface area (Å²) in [6, 6.07) is 1.99. The predicted octanol–water partition coefficient (Wildman–Crippen LogP) is 1.27.